The van der Waals surface area contributed by atoms with Gasteiger partial charge in [0.2, 0.25) is 17.6 Å². The third-order valence-corrected chi connectivity index (χ3v) is 2.98. The molecule has 1 N–H and O–H groups in total. The van der Waals surface area contributed by atoms with E-state index in [1.165, 1.54) is 0 Å². The first-order valence-electron chi connectivity index (χ1n) is 6.95. The Hall–Kier alpha value is -2.41. The Morgan fingerprint density at radius 3 is 2.73 bits per heavy atom. The minimum absolute atomic E-state index is 0.0656. The summed E-state index contributed by atoms with van der Waals surface area (Å²) in [5.74, 6) is 1.34. The second-order valence-electron chi connectivity index (χ2n) is 4.61. The monoisotopic (exact) mass is 305 g/mol. The Morgan fingerprint density at radius 1 is 1.27 bits per heavy atom. The summed E-state index contributed by atoms with van der Waals surface area (Å²) in [5, 5.41) is 6.64. The zero-order chi connectivity index (χ0) is 15.8. The minimum atomic E-state index is -0.152. The van der Waals surface area contributed by atoms with Gasteiger partial charge in [0.25, 0.3) is 0 Å². The molecular formula is C15H19N3O4. The standard InChI is InChI=1S/C15H19N3O4/c1-20-9-3-8-16-13(19)10-14-17-15(18-22-14)11-4-6-12(21-2)7-5-11/h4-7H,3,8-10H2,1-2H3,(H,16,19). The van der Waals surface area contributed by atoms with E-state index in [4.69, 9.17) is 14.0 Å². The Morgan fingerprint density at radius 2 is 2.05 bits per heavy atom. The van der Waals surface area contributed by atoms with Crippen molar-refractivity contribution in [2.75, 3.05) is 27.4 Å². The Balaban J connectivity index is 1.89. The molecule has 0 radical (unpaired) electrons. The van der Waals surface area contributed by atoms with E-state index in [1.54, 1.807) is 14.2 Å². The van der Waals surface area contributed by atoms with E-state index in [0.29, 0.717) is 19.0 Å². The summed E-state index contributed by atoms with van der Waals surface area (Å²) in [4.78, 5) is 15.9. The third-order valence-electron chi connectivity index (χ3n) is 2.98. The van der Waals surface area contributed by atoms with Crippen LogP contribution in [0.5, 0.6) is 5.75 Å². The molecule has 118 valence electrons. The summed E-state index contributed by atoms with van der Waals surface area (Å²) < 4.78 is 15.1. The fraction of sp³-hybridized carbons (Fsp3) is 0.400. The number of carbonyl (C=O) groups is 1. The molecule has 1 aromatic carbocycles. The number of hydrogen-bond donors (Lipinski definition) is 1. The molecule has 1 aromatic heterocycles. The van der Waals surface area contributed by atoms with Crippen molar-refractivity contribution in [3.05, 3.63) is 30.2 Å². The maximum atomic E-state index is 11.7. The van der Waals surface area contributed by atoms with Crippen LogP contribution in [-0.4, -0.2) is 43.4 Å². The normalized spacial score (nSPS) is 10.5. The highest BCUT2D eigenvalue weighted by Gasteiger charge is 2.12. The Labute approximate surface area is 128 Å². The van der Waals surface area contributed by atoms with Gasteiger partial charge in [-0.2, -0.15) is 4.98 Å². The van der Waals surface area contributed by atoms with Crippen LogP contribution in [0.15, 0.2) is 28.8 Å². The van der Waals surface area contributed by atoms with Gasteiger partial charge in [0.1, 0.15) is 12.2 Å². The third kappa shape index (κ3) is 4.56. The number of hydrogen-bond acceptors (Lipinski definition) is 6. The van der Waals surface area contributed by atoms with Gasteiger partial charge in [-0.25, -0.2) is 0 Å². The Bertz CT molecular complexity index is 595. The lowest BCUT2D eigenvalue weighted by Gasteiger charge is -2.02. The summed E-state index contributed by atoms with van der Waals surface area (Å²) in [6, 6.07) is 7.29. The van der Waals surface area contributed by atoms with Crippen LogP contribution in [0, 0.1) is 0 Å². The van der Waals surface area contributed by atoms with Crippen molar-refractivity contribution in [3.63, 3.8) is 0 Å². The molecule has 22 heavy (non-hydrogen) atoms. The van der Waals surface area contributed by atoms with Crippen LogP contribution in [0.3, 0.4) is 0 Å². The molecule has 0 aliphatic carbocycles. The lowest BCUT2D eigenvalue weighted by molar-refractivity contribution is -0.120. The lowest BCUT2D eigenvalue weighted by Crippen LogP contribution is -2.26. The number of methoxy groups -OCH3 is 2. The van der Waals surface area contributed by atoms with E-state index in [0.717, 1.165) is 17.7 Å². The molecule has 0 saturated heterocycles. The van der Waals surface area contributed by atoms with Crippen LogP contribution in [0.2, 0.25) is 0 Å². The van der Waals surface area contributed by atoms with Crippen LogP contribution < -0.4 is 10.1 Å². The highest BCUT2D eigenvalue weighted by atomic mass is 16.5. The molecular weight excluding hydrogens is 286 g/mol. The molecule has 0 aliphatic rings. The van der Waals surface area contributed by atoms with Crippen molar-refractivity contribution in [1.82, 2.24) is 15.5 Å². The quantitative estimate of drug-likeness (QED) is 0.743. The van der Waals surface area contributed by atoms with Crippen LogP contribution in [0.1, 0.15) is 12.3 Å². The molecule has 1 amide bonds. The van der Waals surface area contributed by atoms with Gasteiger partial charge in [0.15, 0.2) is 0 Å². The predicted molar refractivity (Wildman–Crippen MR) is 79.5 cm³/mol. The van der Waals surface area contributed by atoms with Gasteiger partial charge < -0.3 is 19.3 Å². The van der Waals surface area contributed by atoms with Gasteiger partial charge in [-0.1, -0.05) is 5.16 Å². The molecule has 0 bridgehead atoms. The zero-order valence-electron chi connectivity index (χ0n) is 12.7. The molecule has 1 heterocycles. The van der Waals surface area contributed by atoms with Crippen molar-refractivity contribution < 1.29 is 18.8 Å². The Kier molecular flexibility index (Phi) is 5.91. The largest absolute Gasteiger partial charge is 0.497 e. The highest BCUT2D eigenvalue weighted by molar-refractivity contribution is 5.77. The van der Waals surface area contributed by atoms with Gasteiger partial charge in [0.05, 0.1) is 7.11 Å². The SMILES string of the molecule is COCCCNC(=O)Cc1nc(-c2ccc(OC)cc2)no1. The first-order valence-corrected chi connectivity index (χ1v) is 6.95. The number of nitrogens with zero attached hydrogens (tertiary/aromatic N) is 2. The summed E-state index contributed by atoms with van der Waals surface area (Å²) >= 11 is 0. The lowest BCUT2D eigenvalue weighted by atomic mass is 10.2. The van der Waals surface area contributed by atoms with Gasteiger partial charge in [-0.05, 0) is 30.7 Å². The van der Waals surface area contributed by atoms with E-state index < -0.39 is 0 Å². The molecule has 2 rings (SSSR count). The number of carbonyl (C=O) groups excluding carboxylic acids is 1. The average molecular weight is 305 g/mol. The molecule has 0 unspecified atom stereocenters. The summed E-state index contributed by atoms with van der Waals surface area (Å²) in [6.07, 6.45) is 0.833. The summed E-state index contributed by atoms with van der Waals surface area (Å²) in [6.45, 7) is 1.18. The fourth-order valence-corrected chi connectivity index (χ4v) is 1.83. The van der Waals surface area contributed by atoms with Crippen molar-refractivity contribution in [1.29, 1.82) is 0 Å². The fourth-order valence-electron chi connectivity index (χ4n) is 1.83. The van der Waals surface area contributed by atoms with Crippen LogP contribution >= 0.6 is 0 Å². The molecule has 0 saturated carbocycles. The van der Waals surface area contributed by atoms with Gasteiger partial charge in [-0.15, -0.1) is 0 Å². The number of benzene rings is 1. The number of aromatic nitrogens is 2. The van der Waals surface area contributed by atoms with Gasteiger partial charge in [0, 0.05) is 25.8 Å². The first kappa shape index (κ1) is 16.0. The van der Waals surface area contributed by atoms with Crippen molar-refractivity contribution in [3.8, 4) is 17.1 Å². The molecule has 7 heteroatoms. The van der Waals surface area contributed by atoms with Crippen molar-refractivity contribution in [2.24, 2.45) is 0 Å². The van der Waals surface area contributed by atoms with Gasteiger partial charge in [-0.3, -0.25) is 4.79 Å². The average Bonchev–Trinajstić information content (AvgIpc) is 3.00. The molecule has 0 aliphatic heterocycles. The van der Waals surface area contributed by atoms with E-state index in [2.05, 4.69) is 15.5 Å². The van der Waals surface area contributed by atoms with Crippen LogP contribution in [-0.2, 0) is 16.0 Å². The second-order valence-corrected chi connectivity index (χ2v) is 4.61. The molecule has 2 aromatic rings. The van der Waals surface area contributed by atoms with Crippen molar-refractivity contribution >= 4 is 5.91 Å². The maximum Gasteiger partial charge on any atom is 0.236 e. The number of amides is 1. The molecule has 7 nitrogen and oxygen atoms in total. The molecule has 0 spiro atoms. The highest BCUT2D eigenvalue weighted by Crippen LogP contribution is 2.19. The zero-order valence-corrected chi connectivity index (χ0v) is 12.7. The number of nitrogens with one attached hydrogen (secondary N) is 1. The minimum Gasteiger partial charge on any atom is -0.497 e. The summed E-state index contributed by atoms with van der Waals surface area (Å²) in [7, 11) is 3.23. The molecule has 0 atom stereocenters. The first-order chi connectivity index (χ1) is 10.7. The van der Waals surface area contributed by atoms with E-state index in [9.17, 15) is 4.79 Å². The number of ether oxygens (including phenoxy) is 2. The van der Waals surface area contributed by atoms with Crippen molar-refractivity contribution in [2.45, 2.75) is 12.8 Å². The topological polar surface area (TPSA) is 86.5 Å². The van der Waals surface area contributed by atoms with E-state index >= 15 is 0 Å². The maximum absolute atomic E-state index is 11.7. The number of rotatable bonds is 8. The van der Waals surface area contributed by atoms with E-state index in [1.807, 2.05) is 24.3 Å². The van der Waals surface area contributed by atoms with Crippen LogP contribution in [0.25, 0.3) is 11.4 Å². The van der Waals surface area contributed by atoms with Crippen LogP contribution in [0.4, 0.5) is 0 Å². The second kappa shape index (κ2) is 8.14. The predicted octanol–water partition coefficient (Wildman–Crippen LogP) is 1.44. The molecule has 0 fully saturated rings. The van der Waals surface area contributed by atoms with Gasteiger partial charge >= 0.3 is 0 Å². The smallest absolute Gasteiger partial charge is 0.236 e. The van der Waals surface area contributed by atoms with E-state index in [-0.39, 0.29) is 18.2 Å². The summed E-state index contributed by atoms with van der Waals surface area (Å²) in [5.41, 5.74) is 0.802.